The number of hydrogen-bond acceptors (Lipinski definition) is 2. The minimum atomic E-state index is 0.799. The Hall–Kier alpha value is -8.98. The molecule has 0 aliphatic heterocycles. The van der Waals surface area contributed by atoms with Crippen molar-refractivity contribution < 1.29 is 9.47 Å². The van der Waals surface area contributed by atoms with Crippen LogP contribution in [0.2, 0.25) is 0 Å². The summed E-state index contributed by atoms with van der Waals surface area (Å²) < 4.78 is 13.0. The van der Waals surface area contributed by atoms with Gasteiger partial charge in [0.05, 0.1) is 0 Å². The molecule has 2 heteroatoms. The van der Waals surface area contributed by atoms with Crippen LogP contribution in [0.5, 0.6) is 23.0 Å². The first-order valence-electron chi connectivity index (χ1n) is 23.4. The second-order valence-electron chi connectivity index (χ2n) is 18.3. The molecule has 13 aromatic carbocycles. The standard InChI is InChI=1S/C66H38O2/c1-3-19-43(20-4-1)67-45-23-9-17-40(30-45)52-33-60-59(61-36-55-50-27-12-16-39-15-11-26-49(65(39)50)54(55)35-57(52)61)34-53(41-18-10-24-46(31-41)68-44-21-5-2-6-22-44)58-38-63-56(37-62(58)60)51-29-13-28-48-47-25-8-7-14-42(47)32-64(63)66(48)51/h1-38H. The fraction of sp³-hybridized carbons (Fsp3) is 0. The predicted molar refractivity (Wildman–Crippen MR) is 284 cm³/mol. The number of hydrogen-bond donors (Lipinski definition) is 0. The lowest BCUT2D eigenvalue weighted by molar-refractivity contribution is 0.482. The Labute approximate surface area is 392 Å². The molecule has 0 heterocycles. The van der Waals surface area contributed by atoms with Gasteiger partial charge in [-0.2, -0.15) is 0 Å². The highest BCUT2D eigenvalue weighted by Gasteiger charge is 2.27. The van der Waals surface area contributed by atoms with Crippen molar-refractivity contribution in [1.29, 1.82) is 0 Å². The number of fused-ring (bicyclic) bond motifs is 13. The maximum atomic E-state index is 6.52. The third kappa shape index (κ3) is 5.52. The summed E-state index contributed by atoms with van der Waals surface area (Å²) in [5.41, 5.74) is 14.8. The average Bonchev–Trinajstić information content (AvgIpc) is 3.88. The molecule has 0 bridgehead atoms. The predicted octanol–water partition coefficient (Wildman–Crippen LogP) is 18.8. The van der Waals surface area contributed by atoms with Gasteiger partial charge in [-0.05, 0) is 222 Å². The molecule has 13 aromatic rings. The van der Waals surface area contributed by atoms with Gasteiger partial charge in [-0.25, -0.2) is 0 Å². The first-order valence-corrected chi connectivity index (χ1v) is 23.4. The lowest BCUT2D eigenvalue weighted by atomic mass is 9.84. The molecule has 15 rings (SSSR count). The maximum Gasteiger partial charge on any atom is 0.128 e. The van der Waals surface area contributed by atoms with Crippen LogP contribution in [-0.4, -0.2) is 0 Å². The van der Waals surface area contributed by atoms with E-state index in [0.29, 0.717) is 0 Å². The molecule has 0 unspecified atom stereocenters. The van der Waals surface area contributed by atoms with E-state index in [0.717, 1.165) is 34.1 Å². The van der Waals surface area contributed by atoms with Crippen LogP contribution in [0.1, 0.15) is 0 Å². The summed E-state index contributed by atoms with van der Waals surface area (Å²) >= 11 is 0. The molecule has 0 saturated carbocycles. The second kappa shape index (κ2) is 14.3. The molecule has 0 spiro atoms. The third-order valence-corrected chi connectivity index (χ3v) is 14.5. The van der Waals surface area contributed by atoms with Gasteiger partial charge in [0.1, 0.15) is 23.0 Å². The van der Waals surface area contributed by atoms with Crippen LogP contribution in [0.25, 0.3) is 131 Å². The minimum Gasteiger partial charge on any atom is -0.457 e. The van der Waals surface area contributed by atoms with Gasteiger partial charge in [-0.3, -0.25) is 0 Å². The minimum absolute atomic E-state index is 0.799. The Bertz CT molecular complexity index is 4300. The topological polar surface area (TPSA) is 18.5 Å². The highest BCUT2D eigenvalue weighted by atomic mass is 16.5. The van der Waals surface area contributed by atoms with Gasteiger partial charge in [-0.1, -0.05) is 140 Å². The van der Waals surface area contributed by atoms with E-state index < -0.39 is 0 Å². The average molecular weight is 863 g/mol. The van der Waals surface area contributed by atoms with Crippen LogP contribution in [0.4, 0.5) is 0 Å². The van der Waals surface area contributed by atoms with E-state index in [2.05, 4.69) is 170 Å². The molecule has 2 nitrogen and oxygen atoms in total. The highest BCUT2D eigenvalue weighted by molar-refractivity contribution is 6.30. The van der Waals surface area contributed by atoms with E-state index in [9.17, 15) is 0 Å². The maximum absolute atomic E-state index is 6.52. The molecule has 0 radical (unpaired) electrons. The second-order valence-corrected chi connectivity index (χ2v) is 18.3. The monoisotopic (exact) mass is 862 g/mol. The zero-order valence-electron chi connectivity index (χ0n) is 36.8. The molecule has 314 valence electrons. The Balaban J connectivity index is 1.06. The van der Waals surface area contributed by atoms with Crippen molar-refractivity contribution in [2.45, 2.75) is 0 Å². The number of ether oxygens (including phenoxy) is 2. The van der Waals surface area contributed by atoms with Gasteiger partial charge in [0.15, 0.2) is 0 Å². The molecule has 68 heavy (non-hydrogen) atoms. The lowest BCUT2D eigenvalue weighted by Gasteiger charge is -2.19. The van der Waals surface area contributed by atoms with Crippen LogP contribution in [0, 0.1) is 0 Å². The number of benzene rings is 13. The molecule has 2 aliphatic rings. The summed E-state index contributed by atoms with van der Waals surface area (Å²) in [6, 6.07) is 83.7. The zero-order chi connectivity index (χ0) is 44.5. The normalized spacial score (nSPS) is 12.1. The van der Waals surface area contributed by atoms with Crippen molar-refractivity contribution in [2.24, 2.45) is 0 Å². The molecule has 0 fully saturated rings. The summed E-state index contributed by atoms with van der Waals surface area (Å²) in [5, 5.41) is 15.0. The summed E-state index contributed by atoms with van der Waals surface area (Å²) in [6.07, 6.45) is 0. The van der Waals surface area contributed by atoms with Crippen molar-refractivity contribution >= 4 is 64.6 Å². The lowest BCUT2D eigenvalue weighted by Crippen LogP contribution is -1.92. The van der Waals surface area contributed by atoms with Crippen molar-refractivity contribution in [3.8, 4) is 89.8 Å². The van der Waals surface area contributed by atoms with Crippen LogP contribution >= 0.6 is 0 Å². The first kappa shape index (κ1) is 37.3. The number of rotatable bonds is 6. The molecule has 0 saturated heterocycles. The first-order chi connectivity index (χ1) is 33.7. The fourth-order valence-corrected chi connectivity index (χ4v) is 11.6. The van der Waals surface area contributed by atoms with Gasteiger partial charge >= 0.3 is 0 Å². The van der Waals surface area contributed by atoms with E-state index in [1.807, 2.05) is 60.7 Å². The summed E-state index contributed by atoms with van der Waals surface area (Å²) in [5.74, 6) is 3.22. The molecule has 2 aliphatic carbocycles. The Morgan fingerprint density at radius 2 is 0.588 bits per heavy atom. The Morgan fingerprint density at radius 1 is 0.191 bits per heavy atom. The van der Waals surface area contributed by atoms with Crippen LogP contribution in [0.3, 0.4) is 0 Å². The van der Waals surface area contributed by atoms with E-state index in [1.165, 1.54) is 120 Å². The molecule has 0 N–H and O–H groups in total. The summed E-state index contributed by atoms with van der Waals surface area (Å²) in [7, 11) is 0. The van der Waals surface area contributed by atoms with Gasteiger partial charge in [0.25, 0.3) is 0 Å². The molecular weight excluding hydrogens is 825 g/mol. The van der Waals surface area contributed by atoms with E-state index in [1.54, 1.807) is 0 Å². The largest absolute Gasteiger partial charge is 0.457 e. The van der Waals surface area contributed by atoms with Crippen molar-refractivity contribution in [2.75, 3.05) is 0 Å². The van der Waals surface area contributed by atoms with Gasteiger partial charge in [0, 0.05) is 0 Å². The van der Waals surface area contributed by atoms with Crippen LogP contribution < -0.4 is 9.47 Å². The molecule has 0 atom stereocenters. The fourth-order valence-electron chi connectivity index (χ4n) is 11.6. The van der Waals surface area contributed by atoms with Crippen LogP contribution in [0.15, 0.2) is 231 Å². The van der Waals surface area contributed by atoms with Crippen molar-refractivity contribution in [1.82, 2.24) is 0 Å². The van der Waals surface area contributed by atoms with Gasteiger partial charge in [0.2, 0.25) is 0 Å². The smallest absolute Gasteiger partial charge is 0.128 e. The van der Waals surface area contributed by atoms with Gasteiger partial charge in [-0.15, -0.1) is 0 Å². The van der Waals surface area contributed by atoms with Crippen molar-refractivity contribution in [3.05, 3.63) is 231 Å². The molecular formula is C66H38O2. The van der Waals surface area contributed by atoms with E-state index in [4.69, 9.17) is 9.47 Å². The van der Waals surface area contributed by atoms with Crippen LogP contribution in [-0.2, 0) is 0 Å². The SMILES string of the molecule is c1ccc(Oc2cccc(-c3cc4c5cc6c(cc5c(-c5cccc(Oc7ccccc7)c5)cc4c4cc5c(cc34)-c3cccc4cccc-5c34)-c3cc4ccccc4c4cccc-6c34)c2)cc1. The molecule has 0 amide bonds. The zero-order valence-corrected chi connectivity index (χ0v) is 36.8. The third-order valence-electron chi connectivity index (χ3n) is 14.5. The summed E-state index contributed by atoms with van der Waals surface area (Å²) in [6.45, 7) is 0. The summed E-state index contributed by atoms with van der Waals surface area (Å²) in [4.78, 5) is 0. The Morgan fingerprint density at radius 3 is 1.16 bits per heavy atom. The van der Waals surface area contributed by atoms with E-state index >= 15 is 0 Å². The van der Waals surface area contributed by atoms with E-state index in [-0.39, 0.29) is 0 Å². The molecule has 0 aromatic heterocycles. The number of para-hydroxylation sites is 2. The van der Waals surface area contributed by atoms with Gasteiger partial charge < -0.3 is 9.47 Å². The quantitative estimate of drug-likeness (QED) is 0.155. The van der Waals surface area contributed by atoms with Crippen molar-refractivity contribution in [3.63, 3.8) is 0 Å². The highest BCUT2D eigenvalue weighted by Crippen LogP contribution is 2.55. The Kier molecular flexibility index (Phi) is 7.81.